The van der Waals surface area contributed by atoms with E-state index in [0.29, 0.717) is 23.2 Å². The van der Waals surface area contributed by atoms with E-state index in [0.717, 1.165) is 41.8 Å². The van der Waals surface area contributed by atoms with Gasteiger partial charge in [0.15, 0.2) is 5.69 Å². The molecule has 0 unspecified atom stereocenters. The van der Waals surface area contributed by atoms with Crippen molar-refractivity contribution < 1.29 is 35.9 Å². The fraction of sp³-hybridized carbons (Fsp3) is 0.250. The van der Waals surface area contributed by atoms with Gasteiger partial charge in [-0.15, -0.1) is 11.3 Å². The summed E-state index contributed by atoms with van der Waals surface area (Å²) in [6.45, 7) is 0. The molecule has 13 heteroatoms. The number of nitrogens with one attached hydrogen (secondary N) is 2. The summed E-state index contributed by atoms with van der Waals surface area (Å²) in [5.41, 5.74) is 0.743. The Hall–Kier alpha value is -3.35. The van der Waals surface area contributed by atoms with Crippen LogP contribution in [-0.2, 0) is 25.2 Å². The number of alkyl halides is 6. The minimum Gasteiger partial charge on any atom is -0.267 e. The maximum Gasteiger partial charge on any atom is 0.434 e. The molecule has 0 fully saturated rings. The lowest BCUT2D eigenvalue weighted by Crippen LogP contribution is -2.42. The van der Waals surface area contributed by atoms with E-state index in [1.165, 1.54) is 11.3 Å². The van der Waals surface area contributed by atoms with Gasteiger partial charge in [-0.2, -0.15) is 31.4 Å². The molecule has 1 aliphatic carbocycles. The molecule has 0 saturated carbocycles. The van der Waals surface area contributed by atoms with Crippen molar-refractivity contribution in [1.82, 2.24) is 20.6 Å². The Morgan fingerprint density at radius 1 is 0.970 bits per heavy atom. The molecule has 3 aromatic rings. The number of benzene rings is 1. The molecule has 1 aromatic carbocycles. The van der Waals surface area contributed by atoms with Crippen LogP contribution in [0.25, 0.3) is 5.69 Å². The van der Waals surface area contributed by atoms with Crippen LogP contribution in [0.1, 0.15) is 48.1 Å². The molecule has 2 amide bonds. The predicted molar refractivity (Wildman–Crippen MR) is 105 cm³/mol. The van der Waals surface area contributed by atoms with Gasteiger partial charge in [0.1, 0.15) is 0 Å². The first-order valence-electron chi connectivity index (χ1n) is 9.50. The summed E-state index contributed by atoms with van der Waals surface area (Å²) in [5, 5.41) is 3.47. The molecule has 2 N–H and O–H groups in total. The number of amides is 2. The molecule has 6 nitrogen and oxygen atoms in total. The van der Waals surface area contributed by atoms with Gasteiger partial charge in [-0.05, 0) is 49.1 Å². The third kappa shape index (κ3) is 4.58. The number of nitrogens with zero attached hydrogens (tertiary/aromatic N) is 2. The molecule has 0 aliphatic heterocycles. The number of halogens is 6. The summed E-state index contributed by atoms with van der Waals surface area (Å²) in [5.74, 6) is -2.01. The van der Waals surface area contributed by atoms with Gasteiger partial charge in [-0.25, -0.2) is 4.68 Å². The first kappa shape index (κ1) is 22.8. The summed E-state index contributed by atoms with van der Waals surface area (Å²) in [4.78, 5) is 26.0. The molecular formula is C20H14F6N4O2S. The largest absolute Gasteiger partial charge is 0.434 e. The number of rotatable bonds is 3. The van der Waals surface area contributed by atoms with Crippen LogP contribution in [0, 0.1) is 0 Å². The zero-order chi connectivity index (χ0) is 24.0. The Bertz CT molecular complexity index is 1210. The lowest BCUT2D eigenvalue weighted by atomic mass is 10.1. The standard InChI is InChI=1S/C20H14F6N4O2S/c21-19(22,23)11-4-2-5-12(8-11)30-16(20(24,25)26)13(9-27-30)17(31)28-29-18(32)15-7-10-3-1-6-14(10)33-15/h2,4-5,7-9H,1,3,6H2,(H,28,31)(H,29,32). The fourth-order valence-corrected chi connectivity index (χ4v) is 4.63. The van der Waals surface area contributed by atoms with E-state index in [9.17, 15) is 35.9 Å². The molecule has 0 saturated heterocycles. The average molecular weight is 488 g/mol. The highest BCUT2D eigenvalue weighted by molar-refractivity contribution is 7.14. The Morgan fingerprint density at radius 2 is 1.70 bits per heavy atom. The molecule has 2 aromatic heterocycles. The molecule has 4 rings (SSSR count). The zero-order valence-electron chi connectivity index (χ0n) is 16.5. The number of aryl methyl sites for hydroxylation is 2. The second-order valence-electron chi connectivity index (χ2n) is 7.19. The smallest absolute Gasteiger partial charge is 0.267 e. The van der Waals surface area contributed by atoms with Gasteiger partial charge < -0.3 is 0 Å². The van der Waals surface area contributed by atoms with E-state index in [-0.39, 0.29) is 4.68 Å². The lowest BCUT2D eigenvalue weighted by Gasteiger charge is -2.14. The Morgan fingerprint density at radius 3 is 2.36 bits per heavy atom. The average Bonchev–Trinajstić information content (AvgIpc) is 3.45. The summed E-state index contributed by atoms with van der Waals surface area (Å²) >= 11 is 1.24. The minimum atomic E-state index is -5.13. The van der Waals surface area contributed by atoms with E-state index >= 15 is 0 Å². The second kappa shape index (κ2) is 8.21. The van der Waals surface area contributed by atoms with E-state index in [1.807, 2.05) is 5.43 Å². The molecule has 0 bridgehead atoms. The molecule has 33 heavy (non-hydrogen) atoms. The van der Waals surface area contributed by atoms with Crippen molar-refractivity contribution in [1.29, 1.82) is 0 Å². The third-order valence-corrected chi connectivity index (χ3v) is 6.20. The van der Waals surface area contributed by atoms with Crippen molar-refractivity contribution in [3.05, 3.63) is 68.7 Å². The van der Waals surface area contributed by atoms with Crippen LogP contribution in [-0.4, -0.2) is 21.6 Å². The van der Waals surface area contributed by atoms with Gasteiger partial charge >= 0.3 is 12.4 Å². The van der Waals surface area contributed by atoms with E-state index in [2.05, 4.69) is 10.5 Å². The van der Waals surface area contributed by atoms with Crippen LogP contribution >= 0.6 is 11.3 Å². The molecule has 1 aliphatic rings. The number of thiophene rings is 1. The SMILES string of the molecule is O=C(NNC(=O)c1cnn(-c2cccc(C(F)(F)F)c2)c1C(F)(F)F)c1cc2c(s1)CCC2. The Kier molecular flexibility index (Phi) is 5.68. The van der Waals surface area contributed by atoms with E-state index in [1.54, 1.807) is 6.07 Å². The van der Waals surface area contributed by atoms with Crippen molar-refractivity contribution in [3.63, 3.8) is 0 Å². The van der Waals surface area contributed by atoms with Crippen molar-refractivity contribution in [2.75, 3.05) is 0 Å². The maximum absolute atomic E-state index is 13.7. The Balaban J connectivity index is 1.58. The number of hydrogen-bond donors (Lipinski definition) is 2. The molecule has 0 spiro atoms. The lowest BCUT2D eigenvalue weighted by molar-refractivity contribution is -0.143. The van der Waals surface area contributed by atoms with Crippen molar-refractivity contribution in [2.24, 2.45) is 0 Å². The quantitative estimate of drug-likeness (QED) is 0.420. The molecule has 0 radical (unpaired) electrons. The van der Waals surface area contributed by atoms with E-state index in [4.69, 9.17) is 0 Å². The highest BCUT2D eigenvalue weighted by Gasteiger charge is 2.41. The highest BCUT2D eigenvalue weighted by Crippen LogP contribution is 2.35. The van der Waals surface area contributed by atoms with Crippen LogP contribution in [0.4, 0.5) is 26.3 Å². The van der Waals surface area contributed by atoms with E-state index < -0.39 is 46.7 Å². The first-order chi connectivity index (χ1) is 15.4. The fourth-order valence-electron chi connectivity index (χ4n) is 3.48. The van der Waals surface area contributed by atoms with Crippen molar-refractivity contribution in [2.45, 2.75) is 31.6 Å². The number of carbonyl (C=O) groups is 2. The normalized spacial score (nSPS) is 13.6. The van der Waals surface area contributed by atoms with Crippen molar-refractivity contribution in [3.8, 4) is 5.69 Å². The van der Waals surface area contributed by atoms with Gasteiger partial charge in [0.2, 0.25) is 0 Å². The van der Waals surface area contributed by atoms with Gasteiger partial charge in [0.05, 0.1) is 27.9 Å². The monoisotopic (exact) mass is 488 g/mol. The van der Waals surface area contributed by atoms with Crippen LogP contribution < -0.4 is 10.9 Å². The van der Waals surface area contributed by atoms with Crippen LogP contribution in [0.15, 0.2) is 36.5 Å². The van der Waals surface area contributed by atoms with Crippen LogP contribution in [0.3, 0.4) is 0 Å². The maximum atomic E-state index is 13.7. The van der Waals surface area contributed by atoms with Gasteiger partial charge in [-0.1, -0.05) is 6.07 Å². The Labute approximate surface area is 186 Å². The molecular weight excluding hydrogens is 474 g/mol. The first-order valence-corrected chi connectivity index (χ1v) is 10.3. The molecule has 0 atom stereocenters. The summed E-state index contributed by atoms with van der Waals surface area (Å²) in [7, 11) is 0. The molecule has 174 valence electrons. The number of carbonyl (C=O) groups excluding carboxylic acids is 2. The predicted octanol–water partition coefficient (Wildman–Crippen LogP) is 4.53. The highest BCUT2D eigenvalue weighted by atomic mass is 32.1. The third-order valence-electron chi connectivity index (χ3n) is 4.96. The minimum absolute atomic E-state index is 0.204. The van der Waals surface area contributed by atoms with Gasteiger partial charge in [0.25, 0.3) is 11.8 Å². The van der Waals surface area contributed by atoms with Crippen LogP contribution in [0.2, 0.25) is 0 Å². The zero-order valence-corrected chi connectivity index (χ0v) is 17.3. The van der Waals surface area contributed by atoms with Gasteiger partial charge in [-0.3, -0.25) is 20.4 Å². The number of aromatic nitrogens is 2. The number of hydrogen-bond acceptors (Lipinski definition) is 4. The number of fused-ring (bicyclic) bond motifs is 1. The summed E-state index contributed by atoms with van der Waals surface area (Å²) in [6, 6.07) is 4.78. The van der Waals surface area contributed by atoms with Gasteiger partial charge in [0, 0.05) is 4.88 Å². The van der Waals surface area contributed by atoms with Crippen LogP contribution in [0.5, 0.6) is 0 Å². The second-order valence-corrected chi connectivity index (χ2v) is 8.32. The topological polar surface area (TPSA) is 76.0 Å². The molecule has 2 heterocycles. The van der Waals surface area contributed by atoms with Crippen molar-refractivity contribution >= 4 is 23.2 Å². The number of hydrazine groups is 1. The summed E-state index contributed by atoms with van der Waals surface area (Å²) in [6.07, 6.45) is -6.69. The summed E-state index contributed by atoms with van der Waals surface area (Å²) < 4.78 is 80.3.